The van der Waals surface area contributed by atoms with E-state index in [4.69, 9.17) is 4.74 Å². The monoisotopic (exact) mass is 354 g/mol. The zero-order valence-electron chi connectivity index (χ0n) is 15.6. The molecule has 0 spiro atoms. The van der Waals surface area contributed by atoms with E-state index in [2.05, 4.69) is 46.9 Å². The Bertz CT molecular complexity index is 768. The zero-order valence-corrected chi connectivity index (χ0v) is 15.6. The zero-order chi connectivity index (χ0) is 18.5. The van der Waals surface area contributed by atoms with Crippen LogP contribution in [0.2, 0.25) is 0 Å². The second-order valence-electron chi connectivity index (χ2n) is 6.93. The van der Waals surface area contributed by atoms with E-state index >= 15 is 0 Å². The van der Waals surface area contributed by atoms with E-state index in [0.717, 1.165) is 37.5 Å². The predicted molar refractivity (Wildman–Crippen MR) is 102 cm³/mol. The molecule has 0 unspecified atom stereocenters. The first-order valence-electron chi connectivity index (χ1n) is 8.96. The average Bonchev–Trinajstić information content (AvgIpc) is 2.64. The number of rotatable bonds is 4. The van der Waals surface area contributed by atoms with Crippen LogP contribution in [0.25, 0.3) is 0 Å². The highest BCUT2D eigenvalue weighted by Crippen LogP contribution is 2.25. The van der Waals surface area contributed by atoms with Gasteiger partial charge in [-0.1, -0.05) is 31.1 Å². The summed E-state index contributed by atoms with van der Waals surface area (Å²) in [6.07, 6.45) is 1.68. The van der Waals surface area contributed by atoms with Crippen molar-refractivity contribution in [2.45, 2.75) is 19.8 Å². The van der Waals surface area contributed by atoms with Crippen molar-refractivity contribution in [1.82, 2.24) is 14.8 Å². The van der Waals surface area contributed by atoms with E-state index in [0.29, 0.717) is 17.6 Å². The summed E-state index contributed by atoms with van der Waals surface area (Å²) in [5.74, 6) is 2.23. The number of nitrogens with zero attached hydrogens (tertiary/aromatic N) is 4. The number of benzene rings is 1. The second-order valence-corrected chi connectivity index (χ2v) is 6.93. The Hall–Kier alpha value is -2.60. The van der Waals surface area contributed by atoms with Gasteiger partial charge in [0.1, 0.15) is 5.75 Å². The Morgan fingerprint density at radius 2 is 1.92 bits per heavy atom. The second kappa shape index (κ2) is 8.19. The molecule has 0 bridgehead atoms. The lowest BCUT2D eigenvalue weighted by Gasteiger charge is -2.34. The number of hydrogen-bond donors (Lipinski definition) is 1. The minimum Gasteiger partial charge on any atom is -0.439 e. The normalized spacial score (nSPS) is 16.2. The van der Waals surface area contributed by atoms with E-state index < -0.39 is 0 Å². The van der Waals surface area contributed by atoms with Crippen molar-refractivity contribution >= 4 is 5.84 Å². The summed E-state index contributed by atoms with van der Waals surface area (Å²) < 4.78 is 5.93. The van der Waals surface area contributed by atoms with E-state index in [-0.39, 0.29) is 0 Å². The van der Waals surface area contributed by atoms with Crippen molar-refractivity contribution in [2.75, 3.05) is 33.2 Å². The third-order valence-electron chi connectivity index (χ3n) is 4.64. The highest BCUT2D eigenvalue weighted by Gasteiger charge is 2.20. The number of pyridine rings is 1. The summed E-state index contributed by atoms with van der Waals surface area (Å²) in [6.45, 7) is 7.83. The summed E-state index contributed by atoms with van der Waals surface area (Å²) in [7, 11) is 2.09. The quantitative estimate of drug-likeness (QED) is 0.395. The van der Waals surface area contributed by atoms with Crippen LogP contribution in [0, 0.1) is 0 Å². The molecule has 0 aliphatic carbocycles. The number of ether oxygens (including phenoxy) is 1. The standard InChI is InChI=1S/C20H26N4O2/c1-15(2)16-5-4-6-18(13-16)26-19-14-17(7-8-21-19)20(22-25)24-11-9-23(3)10-12-24/h4-8,13-15,25H,9-12H2,1-3H3/b22-20-. The summed E-state index contributed by atoms with van der Waals surface area (Å²) in [6, 6.07) is 11.7. The summed E-state index contributed by atoms with van der Waals surface area (Å²) in [5.41, 5.74) is 2.01. The molecule has 1 aromatic heterocycles. The van der Waals surface area contributed by atoms with E-state index in [9.17, 15) is 5.21 Å². The lowest BCUT2D eigenvalue weighted by atomic mass is 10.0. The molecular weight excluding hydrogens is 328 g/mol. The van der Waals surface area contributed by atoms with E-state index in [1.807, 2.05) is 30.3 Å². The average molecular weight is 354 g/mol. The van der Waals surface area contributed by atoms with E-state index in [1.165, 1.54) is 5.56 Å². The molecule has 0 radical (unpaired) electrons. The first-order valence-corrected chi connectivity index (χ1v) is 8.96. The fourth-order valence-corrected chi connectivity index (χ4v) is 2.98. The highest BCUT2D eigenvalue weighted by molar-refractivity contribution is 5.98. The van der Waals surface area contributed by atoms with Gasteiger partial charge in [-0.3, -0.25) is 0 Å². The Balaban J connectivity index is 1.78. The predicted octanol–water partition coefficient (Wildman–Crippen LogP) is 3.38. The number of amidine groups is 1. The molecular formula is C20H26N4O2. The van der Waals surface area contributed by atoms with Crippen LogP contribution in [0.15, 0.2) is 47.8 Å². The van der Waals surface area contributed by atoms with Crippen molar-refractivity contribution in [3.63, 3.8) is 0 Å². The third-order valence-corrected chi connectivity index (χ3v) is 4.64. The van der Waals surface area contributed by atoms with Gasteiger partial charge in [-0.25, -0.2) is 4.98 Å². The number of hydrogen-bond acceptors (Lipinski definition) is 5. The van der Waals surface area contributed by atoms with Crippen LogP contribution in [0.3, 0.4) is 0 Å². The molecule has 0 atom stereocenters. The van der Waals surface area contributed by atoms with Crippen LogP contribution >= 0.6 is 0 Å². The number of likely N-dealkylation sites (N-methyl/N-ethyl adjacent to an activating group) is 1. The van der Waals surface area contributed by atoms with Gasteiger partial charge in [0, 0.05) is 44.0 Å². The van der Waals surface area contributed by atoms with Crippen LogP contribution in [-0.4, -0.2) is 59.1 Å². The van der Waals surface area contributed by atoms with Gasteiger partial charge < -0.3 is 19.7 Å². The van der Waals surface area contributed by atoms with Gasteiger partial charge in [-0.05, 0) is 36.7 Å². The number of oxime groups is 1. The van der Waals surface area contributed by atoms with Crippen molar-refractivity contribution in [1.29, 1.82) is 0 Å². The topological polar surface area (TPSA) is 61.2 Å². The van der Waals surface area contributed by atoms with Gasteiger partial charge >= 0.3 is 0 Å². The molecule has 26 heavy (non-hydrogen) atoms. The number of piperazine rings is 1. The van der Waals surface area contributed by atoms with Gasteiger partial charge in [0.15, 0.2) is 5.84 Å². The molecule has 6 nitrogen and oxygen atoms in total. The van der Waals surface area contributed by atoms with Gasteiger partial charge in [-0.2, -0.15) is 0 Å². The fourth-order valence-electron chi connectivity index (χ4n) is 2.98. The minimum atomic E-state index is 0.434. The Morgan fingerprint density at radius 3 is 2.62 bits per heavy atom. The van der Waals surface area contributed by atoms with Gasteiger partial charge in [0.2, 0.25) is 5.88 Å². The van der Waals surface area contributed by atoms with Gasteiger partial charge in [-0.15, -0.1) is 0 Å². The van der Waals surface area contributed by atoms with Gasteiger partial charge in [0.25, 0.3) is 0 Å². The Kier molecular flexibility index (Phi) is 5.73. The first-order chi connectivity index (χ1) is 12.6. The molecule has 1 aliphatic heterocycles. The largest absolute Gasteiger partial charge is 0.439 e. The maximum absolute atomic E-state index is 9.55. The van der Waals surface area contributed by atoms with Crippen LogP contribution in [-0.2, 0) is 0 Å². The maximum atomic E-state index is 9.55. The molecule has 6 heteroatoms. The molecule has 1 saturated heterocycles. The lowest BCUT2D eigenvalue weighted by molar-refractivity contribution is 0.208. The smallest absolute Gasteiger partial charge is 0.219 e. The molecule has 2 aromatic rings. The lowest BCUT2D eigenvalue weighted by Crippen LogP contribution is -2.47. The third kappa shape index (κ3) is 4.32. The number of aromatic nitrogens is 1. The molecule has 0 saturated carbocycles. The van der Waals surface area contributed by atoms with Crippen LogP contribution in [0.5, 0.6) is 11.6 Å². The summed E-state index contributed by atoms with van der Waals surface area (Å²) >= 11 is 0. The molecule has 2 heterocycles. The molecule has 3 rings (SSSR count). The molecule has 1 fully saturated rings. The van der Waals surface area contributed by atoms with Crippen molar-refractivity contribution < 1.29 is 9.94 Å². The molecule has 1 aromatic carbocycles. The van der Waals surface area contributed by atoms with Crippen molar-refractivity contribution in [2.24, 2.45) is 5.16 Å². The fraction of sp³-hybridized carbons (Fsp3) is 0.400. The Morgan fingerprint density at radius 1 is 1.15 bits per heavy atom. The van der Waals surface area contributed by atoms with Crippen LogP contribution < -0.4 is 4.74 Å². The van der Waals surface area contributed by atoms with Crippen LogP contribution in [0.1, 0.15) is 30.9 Å². The van der Waals surface area contributed by atoms with Crippen LogP contribution in [0.4, 0.5) is 0 Å². The maximum Gasteiger partial charge on any atom is 0.219 e. The Labute approximate surface area is 154 Å². The van der Waals surface area contributed by atoms with E-state index in [1.54, 1.807) is 6.20 Å². The first kappa shape index (κ1) is 18.2. The SMILES string of the molecule is CC(C)c1cccc(Oc2cc(/C(=N/O)N3CCN(C)CC3)ccn2)c1. The highest BCUT2D eigenvalue weighted by atomic mass is 16.5. The summed E-state index contributed by atoms with van der Waals surface area (Å²) in [5, 5.41) is 13.1. The molecule has 1 aliphatic rings. The molecule has 1 N–H and O–H groups in total. The van der Waals surface area contributed by atoms with Crippen molar-refractivity contribution in [3.05, 3.63) is 53.7 Å². The van der Waals surface area contributed by atoms with Crippen molar-refractivity contribution in [3.8, 4) is 11.6 Å². The minimum absolute atomic E-state index is 0.434. The molecule has 138 valence electrons. The molecule has 0 amide bonds. The van der Waals surface area contributed by atoms with Gasteiger partial charge in [0.05, 0.1) is 0 Å². The summed E-state index contributed by atoms with van der Waals surface area (Å²) in [4.78, 5) is 8.64.